The van der Waals surface area contributed by atoms with Gasteiger partial charge >= 0.3 is 5.97 Å². The molecule has 0 saturated carbocycles. The van der Waals surface area contributed by atoms with Gasteiger partial charge < -0.3 is 4.74 Å². The van der Waals surface area contributed by atoms with Gasteiger partial charge in [0, 0.05) is 11.5 Å². The van der Waals surface area contributed by atoms with Gasteiger partial charge in [0.15, 0.2) is 0 Å². The van der Waals surface area contributed by atoms with Crippen LogP contribution in [0, 0.1) is 12.8 Å². The van der Waals surface area contributed by atoms with Crippen molar-refractivity contribution in [1.29, 1.82) is 0 Å². The second-order valence-corrected chi connectivity index (χ2v) is 4.79. The Morgan fingerprint density at radius 2 is 2.14 bits per heavy atom. The largest absolute Gasteiger partial charge is 0.465 e. The fraction of sp³-hybridized carbons (Fsp3) is 0.375. The molecule has 21 heavy (non-hydrogen) atoms. The van der Waals surface area contributed by atoms with E-state index in [0.29, 0.717) is 5.56 Å². The van der Waals surface area contributed by atoms with Crippen LogP contribution in [-0.4, -0.2) is 24.5 Å². The van der Waals surface area contributed by atoms with Gasteiger partial charge in [-0.05, 0) is 26.0 Å². The molecule has 0 bridgehead atoms. The van der Waals surface area contributed by atoms with Gasteiger partial charge in [-0.1, -0.05) is 30.7 Å². The summed E-state index contributed by atoms with van der Waals surface area (Å²) in [6.07, 6.45) is 1.63. The molecule has 1 aromatic rings. The van der Waals surface area contributed by atoms with Crippen LogP contribution in [0.25, 0.3) is 0 Å². The van der Waals surface area contributed by atoms with E-state index in [4.69, 9.17) is 4.74 Å². The van der Waals surface area contributed by atoms with Gasteiger partial charge in [-0.25, -0.2) is 5.43 Å². The zero-order valence-electron chi connectivity index (χ0n) is 12.7. The van der Waals surface area contributed by atoms with Crippen molar-refractivity contribution in [1.82, 2.24) is 10.9 Å². The second kappa shape index (κ2) is 8.21. The van der Waals surface area contributed by atoms with Crippen molar-refractivity contribution in [3.63, 3.8) is 0 Å². The smallest absolute Gasteiger partial charge is 0.325 e. The van der Waals surface area contributed by atoms with Crippen LogP contribution in [-0.2, 0) is 9.53 Å². The summed E-state index contributed by atoms with van der Waals surface area (Å²) in [5.74, 6) is -0.902. The average Bonchev–Trinajstić information content (AvgIpc) is 2.47. The molecule has 5 heteroatoms. The molecular formula is C16H22N2O3. The van der Waals surface area contributed by atoms with Crippen molar-refractivity contribution in [2.45, 2.75) is 26.8 Å². The van der Waals surface area contributed by atoms with E-state index in [9.17, 15) is 9.59 Å². The predicted octanol–water partition coefficient (Wildman–Crippen LogP) is 1.98. The molecule has 0 aliphatic carbocycles. The minimum absolute atomic E-state index is 0.179. The van der Waals surface area contributed by atoms with Gasteiger partial charge in [-0.3, -0.25) is 15.0 Å². The fourth-order valence-electron chi connectivity index (χ4n) is 1.77. The number of nitrogens with one attached hydrogen (secondary N) is 2. The lowest BCUT2D eigenvalue weighted by molar-refractivity contribution is -0.146. The molecule has 1 amide bonds. The first-order chi connectivity index (χ1) is 9.99. The molecule has 2 N–H and O–H groups in total. The molecule has 1 aromatic carbocycles. The highest BCUT2D eigenvalue weighted by Crippen LogP contribution is 2.07. The molecule has 0 heterocycles. The van der Waals surface area contributed by atoms with Gasteiger partial charge in [-0.2, -0.15) is 0 Å². The first-order valence-electron chi connectivity index (χ1n) is 6.91. The number of hydrogen-bond acceptors (Lipinski definition) is 4. The summed E-state index contributed by atoms with van der Waals surface area (Å²) in [6.45, 7) is 9.41. The fourth-order valence-corrected chi connectivity index (χ4v) is 1.77. The first-order valence-corrected chi connectivity index (χ1v) is 6.91. The van der Waals surface area contributed by atoms with Crippen LogP contribution < -0.4 is 10.9 Å². The summed E-state index contributed by atoms with van der Waals surface area (Å²) >= 11 is 0. The maximum Gasteiger partial charge on any atom is 0.325 e. The SMILES string of the molecule is C=CC(C)[C@@H](NNC(=O)c1cccc(C)c1)C(=O)OCC. The predicted molar refractivity (Wildman–Crippen MR) is 81.6 cm³/mol. The lowest BCUT2D eigenvalue weighted by Gasteiger charge is -2.21. The van der Waals surface area contributed by atoms with E-state index < -0.39 is 12.0 Å². The number of carbonyl (C=O) groups is 2. The van der Waals surface area contributed by atoms with Gasteiger partial charge in [0.1, 0.15) is 6.04 Å². The Labute approximate surface area is 125 Å². The summed E-state index contributed by atoms with van der Waals surface area (Å²) in [5, 5.41) is 0. The van der Waals surface area contributed by atoms with Crippen LogP contribution in [0.3, 0.4) is 0 Å². The van der Waals surface area contributed by atoms with Crippen LogP contribution in [0.1, 0.15) is 29.8 Å². The molecule has 114 valence electrons. The summed E-state index contributed by atoms with van der Waals surface area (Å²) in [5.41, 5.74) is 6.78. The van der Waals surface area contributed by atoms with E-state index in [2.05, 4.69) is 17.4 Å². The van der Waals surface area contributed by atoms with Crippen molar-refractivity contribution in [2.24, 2.45) is 5.92 Å². The minimum Gasteiger partial charge on any atom is -0.465 e. The zero-order chi connectivity index (χ0) is 15.8. The van der Waals surface area contributed by atoms with Crippen molar-refractivity contribution >= 4 is 11.9 Å². The Kier molecular flexibility index (Phi) is 6.62. The number of esters is 1. The quantitative estimate of drug-likeness (QED) is 0.458. The molecule has 0 radical (unpaired) electrons. The van der Waals surface area contributed by atoms with E-state index in [0.717, 1.165) is 5.56 Å². The number of amides is 1. The molecule has 0 saturated heterocycles. The monoisotopic (exact) mass is 290 g/mol. The molecule has 1 unspecified atom stereocenters. The Balaban J connectivity index is 2.70. The molecule has 0 aliphatic heterocycles. The molecule has 1 rings (SSSR count). The van der Waals surface area contributed by atoms with Gasteiger partial charge in [0.05, 0.1) is 6.61 Å². The minimum atomic E-state index is -0.670. The van der Waals surface area contributed by atoms with Crippen LogP contribution in [0.4, 0.5) is 0 Å². The van der Waals surface area contributed by atoms with E-state index in [-0.39, 0.29) is 18.4 Å². The third kappa shape index (κ3) is 5.04. The Bertz CT molecular complexity index is 514. The summed E-state index contributed by atoms with van der Waals surface area (Å²) in [7, 11) is 0. The Morgan fingerprint density at radius 1 is 1.43 bits per heavy atom. The third-order valence-electron chi connectivity index (χ3n) is 3.06. The number of benzene rings is 1. The average molecular weight is 290 g/mol. The second-order valence-electron chi connectivity index (χ2n) is 4.79. The highest BCUT2D eigenvalue weighted by molar-refractivity contribution is 5.94. The van der Waals surface area contributed by atoms with E-state index in [1.807, 2.05) is 19.9 Å². The lowest BCUT2D eigenvalue weighted by atomic mass is 10.0. The Morgan fingerprint density at radius 3 is 2.71 bits per heavy atom. The number of hydrazine groups is 1. The maximum atomic E-state index is 12.0. The van der Waals surface area contributed by atoms with Gasteiger partial charge in [0.2, 0.25) is 0 Å². The van der Waals surface area contributed by atoms with Crippen LogP contribution in [0.15, 0.2) is 36.9 Å². The number of hydrogen-bond donors (Lipinski definition) is 2. The molecule has 0 aliphatic rings. The summed E-state index contributed by atoms with van der Waals surface area (Å²) in [6, 6.07) is 6.52. The standard InChI is InChI=1S/C16H22N2O3/c1-5-12(4)14(16(20)21-6-2)17-18-15(19)13-9-7-8-11(3)10-13/h5,7-10,12,14,17H,1,6H2,2-4H3,(H,18,19)/t12?,14-/m1/s1. The zero-order valence-corrected chi connectivity index (χ0v) is 12.7. The normalized spacial score (nSPS) is 13.1. The van der Waals surface area contributed by atoms with Crippen molar-refractivity contribution in [3.8, 4) is 0 Å². The van der Waals surface area contributed by atoms with Gasteiger partial charge in [0.25, 0.3) is 5.91 Å². The lowest BCUT2D eigenvalue weighted by Crippen LogP contribution is -2.51. The molecule has 2 atom stereocenters. The highest BCUT2D eigenvalue weighted by Gasteiger charge is 2.25. The van der Waals surface area contributed by atoms with Crippen LogP contribution in [0.5, 0.6) is 0 Å². The van der Waals surface area contributed by atoms with Gasteiger partial charge in [-0.15, -0.1) is 6.58 Å². The number of carbonyl (C=O) groups excluding carboxylic acids is 2. The Hall–Kier alpha value is -2.14. The number of ether oxygens (including phenoxy) is 1. The van der Waals surface area contributed by atoms with E-state index in [1.165, 1.54) is 0 Å². The number of rotatable bonds is 7. The van der Waals surface area contributed by atoms with Crippen molar-refractivity contribution in [3.05, 3.63) is 48.0 Å². The van der Waals surface area contributed by atoms with Crippen molar-refractivity contribution < 1.29 is 14.3 Å². The third-order valence-corrected chi connectivity index (χ3v) is 3.06. The van der Waals surface area contributed by atoms with Crippen LogP contribution in [0.2, 0.25) is 0 Å². The molecule has 5 nitrogen and oxygen atoms in total. The van der Waals surface area contributed by atoms with E-state index >= 15 is 0 Å². The molecular weight excluding hydrogens is 268 g/mol. The number of aryl methyl sites for hydroxylation is 1. The topological polar surface area (TPSA) is 67.4 Å². The maximum absolute atomic E-state index is 12.0. The summed E-state index contributed by atoms with van der Waals surface area (Å²) in [4.78, 5) is 23.9. The van der Waals surface area contributed by atoms with Crippen LogP contribution >= 0.6 is 0 Å². The molecule has 0 spiro atoms. The molecule has 0 fully saturated rings. The summed E-state index contributed by atoms with van der Waals surface area (Å²) < 4.78 is 4.98. The first kappa shape index (κ1) is 16.9. The molecule has 0 aromatic heterocycles. The van der Waals surface area contributed by atoms with Crippen molar-refractivity contribution in [2.75, 3.05) is 6.61 Å². The van der Waals surface area contributed by atoms with E-state index in [1.54, 1.807) is 31.2 Å². The highest BCUT2D eigenvalue weighted by atomic mass is 16.5.